The second-order valence-corrected chi connectivity index (χ2v) is 5.86. The first-order valence-corrected chi connectivity index (χ1v) is 7.39. The third-order valence-electron chi connectivity index (χ3n) is 2.85. The molecule has 0 spiro atoms. The molecule has 0 aliphatic carbocycles. The Kier molecular flexibility index (Phi) is 6.88. The Morgan fingerprint density at radius 3 is 2.94 bits per heavy atom. The maximum absolute atomic E-state index is 11.6. The van der Waals surface area contributed by atoms with Gasteiger partial charge < -0.3 is 10.6 Å². The lowest BCUT2D eigenvalue weighted by atomic mass is 10.2. The van der Waals surface area contributed by atoms with Gasteiger partial charge in [-0.3, -0.25) is 4.79 Å². The number of hydrogen-bond acceptors (Lipinski definition) is 3. The van der Waals surface area contributed by atoms with E-state index in [1.165, 1.54) is 25.0 Å². The summed E-state index contributed by atoms with van der Waals surface area (Å²) in [7, 11) is 0. The fraction of sp³-hybridized carbons (Fsp3) is 0.917. The molecule has 2 unspecified atom stereocenters. The molecule has 1 fully saturated rings. The molecule has 94 valence electrons. The minimum Gasteiger partial charge on any atom is -0.355 e. The Morgan fingerprint density at radius 2 is 2.31 bits per heavy atom. The average molecular weight is 244 g/mol. The molecule has 0 aromatic heterocycles. The van der Waals surface area contributed by atoms with E-state index in [-0.39, 0.29) is 11.9 Å². The molecule has 1 rings (SSSR count). The largest absolute Gasteiger partial charge is 0.355 e. The van der Waals surface area contributed by atoms with E-state index in [4.69, 9.17) is 0 Å². The van der Waals surface area contributed by atoms with Gasteiger partial charge >= 0.3 is 0 Å². The van der Waals surface area contributed by atoms with Gasteiger partial charge in [-0.2, -0.15) is 11.8 Å². The van der Waals surface area contributed by atoms with E-state index in [0.717, 1.165) is 13.1 Å². The predicted octanol–water partition coefficient (Wildman–Crippen LogP) is 1.78. The molecule has 1 saturated heterocycles. The van der Waals surface area contributed by atoms with Crippen LogP contribution < -0.4 is 10.6 Å². The molecule has 0 saturated carbocycles. The number of nitrogens with one attached hydrogen (secondary N) is 2. The van der Waals surface area contributed by atoms with Crippen LogP contribution in [0.15, 0.2) is 0 Å². The molecule has 0 bridgehead atoms. The Labute approximate surface area is 103 Å². The van der Waals surface area contributed by atoms with Gasteiger partial charge in [-0.15, -0.1) is 0 Å². The van der Waals surface area contributed by atoms with Gasteiger partial charge in [-0.25, -0.2) is 0 Å². The molecular formula is C12H24N2OS. The highest BCUT2D eigenvalue weighted by molar-refractivity contribution is 7.99. The average Bonchev–Trinajstić information content (AvgIpc) is 2.28. The number of hydrogen-bond donors (Lipinski definition) is 2. The highest BCUT2D eigenvalue weighted by Gasteiger charge is 2.15. The van der Waals surface area contributed by atoms with Crippen molar-refractivity contribution in [2.75, 3.05) is 18.8 Å². The highest BCUT2D eigenvalue weighted by Crippen LogP contribution is 2.24. The predicted molar refractivity (Wildman–Crippen MR) is 70.9 cm³/mol. The van der Waals surface area contributed by atoms with E-state index >= 15 is 0 Å². The van der Waals surface area contributed by atoms with Crippen LogP contribution >= 0.6 is 11.8 Å². The van der Waals surface area contributed by atoms with Crippen LogP contribution in [-0.2, 0) is 4.79 Å². The molecular weight excluding hydrogens is 220 g/mol. The number of carbonyl (C=O) groups is 1. The van der Waals surface area contributed by atoms with Gasteiger partial charge in [0, 0.05) is 24.3 Å². The lowest BCUT2D eigenvalue weighted by molar-refractivity contribution is -0.121. The smallest absolute Gasteiger partial charge is 0.221 e. The van der Waals surface area contributed by atoms with Crippen LogP contribution in [-0.4, -0.2) is 36.0 Å². The number of thioether (sulfide) groups is 1. The van der Waals surface area contributed by atoms with Crippen molar-refractivity contribution in [3.05, 3.63) is 0 Å². The molecule has 3 nitrogen and oxygen atoms in total. The molecule has 1 heterocycles. The third kappa shape index (κ3) is 5.75. The minimum absolute atomic E-state index is 0.180. The van der Waals surface area contributed by atoms with E-state index in [9.17, 15) is 4.79 Å². The lowest BCUT2D eigenvalue weighted by Crippen LogP contribution is -2.36. The highest BCUT2D eigenvalue weighted by atomic mass is 32.2. The first-order valence-electron chi connectivity index (χ1n) is 6.34. The maximum Gasteiger partial charge on any atom is 0.221 e. The van der Waals surface area contributed by atoms with Crippen molar-refractivity contribution in [3.8, 4) is 0 Å². The van der Waals surface area contributed by atoms with E-state index < -0.39 is 0 Å². The third-order valence-corrected chi connectivity index (χ3v) is 4.24. The molecule has 1 aliphatic rings. The molecule has 1 aliphatic heterocycles. The van der Waals surface area contributed by atoms with Crippen LogP contribution in [0.2, 0.25) is 0 Å². The number of rotatable bonds is 6. The van der Waals surface area contributed by atoms with Crippen molar-refractivity contribution in [1.82, 2.24) is 10.6 Å². The monoisotopic (exact) mass is 244 g/mol. The Balaban J connectivity index is 2.09. The SMILES string of the molecule is CCNC(C)CC(=O)NCC1CCCCS1. The van der Waals surface area contributed by atoms with E-state index in [2.05, 4.69) is 24.5 Å². The van der Waals surface area contributed by atoms with Gasteiger partial charge in [0.25, 0.3) is 0 Å². The van der Waals surface area contributed by atoms with Gasteiger partial charge in [0.15, 0.2) is 0 Å². The molecule has 0 aromatic rings. The van der Waals surface area contributed by atoms with Crippen molar-refractivity contribution in [2.24, 2.45) is 0 Å². The number of amides is 1. The summed E-state index contributed by atoms with van der Waals surface area (Å²) >= 11 is 2.00. The van der Waals surface area contributed by atoms with Crippen LogP contribution in [0.3, 0.4) is 0 Å². The minimum atomic E-state index is 0.180. The fourth-order valence-corrected chi connectivity index (χ4v) is 3.21. The lowest BCUT2D eigenvalue weighted by Gasteiger charge is -2.21. The van der Waals surface area contributed by atoms with Crippen molar-refractivity contribution in [3.63, 3.8) is 0 Å². The van der Waals surface area contributed by atoms with Crippen molar-refractivity contribution < 1.29 is 4.79 Å². The molecule has 2 atom stereocenters. The van der Waals surface area contributed by atoms with Gasteiger partial charge in [0.05, 0.1) is 0 Å². The molecule has 0 aromatic carbocycles. The van der Waals surface area contributed by atoms with Crippen LogP contribution in [0.5, 0.6) is 0 Å². The maximum atomic E-state index is 11.6. The van der Waals surface area contributed by atoms with Crippen LogP contribution in [0, 0.1) is 0 Å². The summed E-state index contributed by atoms with van der Waals surface area (Å²) in [4.78, 5) is 11.6. The van der Waals surface area contributed by atoms with Crippen molar-refractivity contribution >= 4 is 17.7 Å². The van der Waals surface area contributed by atoms with E-state index in [0.29, 0.717) is 11.7 Å². The summed E-state index contributed by atoms with van der Waals surface area (Å²) < 4.78 is 0. The molecule has 2 N–H and O–H groups in total. The molecule has 4 heteroatoms. The second kappa shape index (κ2) is 7.96. The fourth-order valence-electron chi connectivity index (χ4n) is 1.97. The Morgan fingerprint density at radius 1 is 1.50 bits per heavy atom. The standard InChI is InChI=1S/C12H24N2OS/c1-3-13-10(2)8-12(15)14-9-11-6-4-5-7-16-11/h10-11,13H,3-9H2,1-2H3,(H,14,15). The van der Waals surface area contributed by atoms with Gasteiger partial charge in [-0.1, -0.05) is 13.3 Å². The first kappa shape index (κ1) is 13.8. The first-order chi connectivity index (χ1) is 7.72. The van der Waals surface area contributed by atoms with Crippen LogP contribution in [0.25, 0.3) is 0 Å². The Hall–Kier alpha value is -0.220. The normalized spacial score (nSPS) is 22.8. The van der Waals surface area contributed by atoms with Gasteiger partial charge in [-0.05, 0) is 32.1 Å². The topological polar surface area (TPSA) is 41.1 Å². The Bertz CT molecular complexity index is 205. The van der Waals surface area contributed by atoms with E-state index in [1.54, 1.807) is 0 Å². The van der Waals surface area contributed by atoms with Crippen molar-refractivity contribution in [2.45, 2.75) is 50.8 Å². The molecule has 0 radical (unpaired) electrons. The van der Waals surface area contributed by atoms with Crippen LogP contribution in [0.1, 0.15) is 39.5 Å². The zero-order valence-electron chi connectivity index (χ0n) is 10.4. The second-order valence-electron chi connectivity index (χ2n) is 4.46. The zero-order valence-corrected chi connectivity index (χ0v) is 11.2. The van der Waals surface area contributed by atoms with Gasteiger partial charge in [0.1, 0.15) is 0 Å². The van der Waals surface area contributed by atoms with E-state index in [1.807, 2.05) is 11.8 Å². The summed E-state index contributed by atoms with van der Waals surface area (Å²) in [5.41, 5.74) is 0. The number of carbonyl (C=O) groups excluding carboxylic acids is 1. The summed E-state index contributed by atoms with van der Waals surface area (Å²) in [5, 5.41) is 6.94. The summed E-state index contributed by atoms with van der Waals surface area (Å²) in [6.07, 6.45) is 4.51. The molecule has 1 amide bonds. The van der Waals surface area contributed by atoms with Gasteiger partial charge in [0.2, 0.25) is 5.91 Å². The summed E-state index contributed by atoms with van der Waals surface area (Å²) in [6.45, 7) is 5.89. The molecule has 16 heavy (non-hydrogen) atoms. The summed E-state index contributed by atoms with van der Waals surface area (Å²) in [6, 6.07) is 0.281. The van der Waals surface area contributed by atoms with Crippen molar-refractivity contribution in [1.29, 1.82) is 0 Å². The quantitative estimate of drug-likeness (QED) is 0.748. The van der Waals surface area contributed by atoms with Crippen LogP contribution in [0.4, 0.5) is 0 Å². The zero-order chi connectivity index (χ0) is 11.8. The summed E-state index contributed by atoms with van der Waals surface area (Å²) in [5.74, 6) is 1.44.